The predicted molar refractivity (Wildman–Crippen MR) is 484 cm³/mol. The highest BCUT2D eigenvalue weighted by Crippen LogP contribution is 2.56. The van der Waals surface area contributed by atoms with Gasteiger partial charge in [0, 0.05) is 164 Å². The lowest BCUT2D eigenvalue weighted by Crippen LogP contribution is -3.00. The Labute approximate surface area is 726 Å². The van der Waals surface area contributed by atoms with Crippen molar-refractivity contribution < 1.29 is 69.8 Å². The molecule has 0 bridgehead atoms. The second kappa shape index (κ2) is 38.2. The summed E-state index contributed by atoms with van der Waals surface area (Å²) in [6.07, 6.45) is 13.4. The summed E-state index contributed by atoms with van der Waals surface area (Å²) in [5.74, 6) is 0.300. The fourth-order valence-electron chi connectivity index (χ4n) is 14.5. The van der Waals surface area contributed by atoms with Crippen LogP contribution in [0.3, 0.4) is 0 Å². The van der Waals surface area contributed by atoms with E-state index in [1.165, 1.54) is 134 Å². The van der Waals surface area contributed by atoms with Gasteiger partial charge in [-0.05, 0) is 152 Å². The first kappa shape index (κ1) is 85.0. The maximum absolute atomic E-state index is 11.6. The Morgan fingerprint density at radius 2 is 0.983 bits per heavy atom. The Bertz CT molecular complexity index is 6010. The van der Waals surface area contributed by atoms with Crippen molar-refractivity contribution in [1.82, 2.24) is 0 Å². The zero-order chi connectivity index (χ0) is 79.9. The van der Waals surface area contributed by atoms with E-state index in [9.17, 15) is 18.2 Å². The number of thiophene rings is 3. The van der Waals surface area contributed by atoms with Crippen LogP contribution in [0.15, 0.2) is 235 Å². The van der Waals surface area contributed by atoms with Gasteiger partial charge >= 0.3 is 0 Å². The van der Waals surface area contributed by atoms with E-state index < -0.39 is 10.1 Å². The zero-order valence-electron chi connectivity index (χ0n) is 66.4. The zero-order valence-corrected chi connectivity index (χ0v) is 75.9. The average molecular weight is 1810 g/mol. The molecule has 115 heavy (non-hydrogen) atoms. The van der Waals surface area contributed by atoms with Gasteiger partial charge in [-0.1, -0.05) is 166 Å². The Morgan fingerprint density at radius 1 is 0.513 bits per heavy atom. The minimum atomic E-state index is -4.08. The molecular formula is C91H93IN8O6S9+2. The minimum Gasteiger partial charge on any atom is -1.00 e. The van der Waals surface area contributed by atoms with Crippen molar-refractivity contribution in [2.75, 3.05) is 57.3 Å². The number of thioether (sulfide) groups is 3. The molecule has 24 heteroatoms. The molecule has 6 aromatic carbocycles. The van der Waals surface area contributed by atoms with Crippen LogP contribution in [0.2, 0.25) is 0 Å². The van der Waals surface area contributed by atoms with Gasteiger partial charge in [0.2, 0.25) is 33.6 Å². The molecule has 13 aromatic rings. The second-order valence-electron chi connectivity index (χ2n) is 27.9. The van der Waals surface area contributed by atoms with E-state index in [1.807, 2.05) is 69.3 Å². The van der Waals surface area contributed by atoms with Crippen molar-refractivity contribution in [3.05, 3.63) is 281 Å². The smallest absolute Gasteiger partial charge is 0.266 e. The van der Waals surface area contributed by atoms with Crippen LogP contribution in [0, 0.1) is 41.5 Å². The van der Waals surface area contributed by atoms with Gasteiger partial charge in [-0.25, -0.2) is 0 Å². The molecule has 11 heterocycles. The van der Waals surface area contributed by atoms with Gasteiger partial charge in [0.15, 0.2) is 5.69 Å². The van der Waals surface area contributed by atoms with E-state index in [2.05, 4.69) is 337 Å². The minimum absolute atomic E-state index is 0. The van der Waals surface area contributed by atoms with Crippen LogP contribution in [-0.2, 0) is 46.2 Å². The number of likely N-dealkylation sites (N-methyl/N-ethyl adjacent to an activating group) is 1. The van der Waals surface area contributed by atoms with Crippen molar-refractivity contribution in [2.24, 2.45) is 7.05 Å². The van der Waals surface area contributed by atoms with Gasteiger partial charge in [0.1, 0.15) is 41.7 Å². The lowest BCUT2D eigenvalue weighted by molar-refractivity contribution is -0.777. The molecule has 0 amide bonds. The summed E-state index contributed by atoms with van der Waals surface area (Å²) in [6.45, 7) is 29.4. The van der Waals surface area contributed by atoms with Gasteiger partial charge in [0.25, 0.3) is 15.1 Å². The second-order valence-corrected chi connectivity index (χ2v) is 37.6. The molecule has 7 aromatic heterocycles. The van der Waals surface area contributed by atoms with Crippen molar-refractivity contribution in [2.45, 2.75) is 110 Å². The normalized spacial score (nSPS) is 14.8. The van der Waals surface area contributed by atoms with E-state index in [-0.39, 0.29) is 36.3 Å². The summed E-state index contributed by atoms with van der Waals surface area (Å²) >= 11 is 13.5. The highest BCUT2D eigenvalue weighted by Gasteiger charge is 2.34. The largest absolute Gasteiger partial charge is 1.00 e. The van der Waals surface area contributed by atoms with Gasteiger partial charge in [0.05, 0.1) is 31.1 Å². The number of fused-ring (bicyclic) bond motifs is 7. The average Bonchev–Trinajstić information content (AvgIpc) is 1.68. The molecule has 592 valence electrons. The van der Waals surface area contributed by atoms with E-state index in [4.69, 9.17) is 0 Å². The van der Waals surface area contributed by atoms with E-state index in [1.54, 1.807) is 34.4 Å². The third kappa shape index (κ3) is 19.1. The highest BCUT2D eigenvalue weighted by atomic mass is 127. The van der Waals surface area contributed by atoms with E-state index >= 15 is 0 Å². The number of nitrogens with zero attached hydrogens (tertiary/aromatic N) is 8. The molecular weight excluding hydrogens is 1720 g/mol. The third-order valence-corrected chi connectivity index (χ3v) is 30.2. The fraction of sp³-hybridized carbons (Fsp3) is 0.231. The lowest BCUT2D eigenvalue weighted by atomic mass is 10.1. The van der Waals surface area contributed by atoms with Crippen LogP contribution in [-0.4, -0.2) is 50.7 Å². The number of anilines is 4. The Kier molecular flexibility index (Phi) is 28.3. The summed E-state index contributed by atoms with van der Waals surface area (Å²) < 4.78 is 46.3. The van der Waals surface area contributed by atoms with Crippen molar-refractivity contribution in [1.29, 1.82) is 0 Å². The first-order chi connectivity index (χ1) is 55.2. The highest BCUT2D eigenvalue weighted by molar-refractivity contribution is 8.04. The third-order valence-electron chi connectivity index (χ3n) is 20.5. The summed E-state index contributed by atoms with van der Waals surface area (Å²) in [5, 5.41) is 27.9. The standard InChI is InChI=1S/C26H24N2O3S3.C26H25N2S2.C22H24N2O3S3.C17H19N2S.HI/c1-3-27-21(11-10-20-15-18(2)9-12-22(20)27)16-25-28(13-14-34(29,30)31)26-24(32-25)17-23(33-26)19-7-5-4-6-8-19;1-4-27-21(13-12-20-15-18(3)11-14-22(20)27)16-25-28(5-2)26-24(29-25)17-23(30-26)19-9-7-6-8-10-19;1-5-23-18(8-7-17-12-14(2)6-9-19(17)23)13-20-24(10-11-28-27-26-25)22-21(30-20)15(3)16(4)29-22;1-4-19-15(11-17-18(3)13(2)12-20-17)10-9-14-7-5-6-8-16(14)19;/h4-12,15-17H,3,13-14H2,1-2H3;6-17H,4-5H2,1-3H3;6-9,12-13H,5,10-11H2,1-4H3;5-12H,4H2,1-3H3;1H/q;+1;;+1;. The van der Waals surface area contributed by atoms with Crippen LogP contribution in [0.25, 0.3) is 84.0 Å². The molecule has 4 aliphatic rings. The van der Waals surface area contributed by atoms with Crippen LogP contribution in [0.5, 0.6) is 0 Å². The van der Waals surface area contributed by atoms with Crippen LogP contribution in [0.1, 0.15) is 95.1 Å². The van der Waals surface area contributed by atoms with Gasteiger partial charge in [-0.15, -0.1) is 34.0 Å². The van der Waals surface area contributed by atoms with Crippen LogP contribution < -0.4 is 67.1 Å². The quantitative estimate of drug-likeness (QED) is 0.0157. The summed E-state index contributed by atoms with van der Waals surface area (Å²) in [7, 11) is -1.96. The number of benzene rings is 6. The first-order valence-electron chi connectivity index (χ1n) is 38.3. The number of halogens is 1. The first-order valence-corrected chi connectivity index (χ1v) is 46.6. The Balaban J connectivity index is 0.000000135. The molecule has 0 saturated carbocycles. The van der Waals surface area contributed by atoms with Crippen LogP contribution >= 0.6 is 92.7 Å². The number of thiazole rings is 1. The monoisotopic (exact) mass is 1810 g/mol. The molecule has 0 aliphatic carbocycles. The molecule has 0 saturated heterocycles. The molecule has 4 aliphatic heterocycles. The summed E-state index contributed by atoms with van der Waals surface area (Å²) in [4.78, 5) is 16.8. The number of allylic oxidation sites excluding steroid dienone is 1. The Morgan fingerprint density at radius 3 is 1.45 bits per heavy atom. The number of hydrogen-bond acceptors (Lipinski definition) is 17. The number of aryl methyl sites for hydroxylation is 8. The SMILES string of the molecule is CCN1C(=Cc2ccc3cc(C)ccc3[n+]2CC)Sc2cc(-c3ccccc3)sc21.CCN1C(=Cc2scc(C)[n+]2C)C=Cc2ccccc21.CC[n+]1c(C=C2Sc3c(sc(C)c3C)N2CCSOO[O-])ccc2cc(C)ccc21.CC[n+]1c(C=C2Sc3cc(-c4ccccc4)sc3N2CCS(=O)(=O)O)ccc2cc(C)ccc21.[I-]. The number of para-hydroxylation sites is 1. The summed E-state index contributed by atoms with van der Waals surface area (Å²) in [6, 6.07) is 66.9. The predicted octanol–water partition coefficient (Wildman–Crippen LogP) is 18.8. The van der Waals surface area contributed by atoms with Gasteiger partial charge in [-0.2, -0.15) is 31.0 Å². The molecule has 0 fully saturated rings. The maximum atomic E-state index is 11.6. The van der Waals surface area contributed by atoms with Gasteiger partial charge in [-0.3, -0.25) is 9.59 Å². The molecule has 0 spiro atoms. The van der Waals surface area contributed by atoms with Gasteiger partial charge < -0.3 is 48.8 Å². The number of pyridine rings is 3. The molecule has 0 atom stereocenters. The van der Waals surface area contributed by atoms with Crippen molar-refractivity contribution in [3.8, 4) is 20.9 Å². The lowest BCUT2D eigenvalue weighted by Gasteiger charge is -2.28. The molecule has 17 rings (SSSR count). The molecule has 0 radical (unpaired) electrons. The Hall–Kier alpha value is -7.90. The maximum Gasteiger partial charge on any atom is 0.266 e. The molecule has 1 N–H and O–H groups in total. The number of rotatable bonds is 19. The van der Waals surface area contributed by atoms with E-state index in [0.29, 0.717) is 5.75 Å². The number of hydrogen-bond donors (Lipinski definition) is 1. The topological polar surface area (TPSA) is 124 Å². The summed E-state index contributed by atoms with van der Waals surface area (Å²) in [5.41, 5.74) is 19.9. The molecule has 0 unspecified atom stereocenters. The van der Waals surface area contributed by atoms with Crippen molar-refractivity contribution >= 4 is 187 Å². The number of aromatic nitrogens is 4. The van der Waals surface area contributed by atoms with Crippen LogP contribution in [0.4, 0.5) is 20.7 Å². The molecule has 14 nitrogen and oxygen atoms in total. The van der Waals surface area contributed by atoms with Crippen molar-refractivity contribution in [3.63, 3.8) is 0 Å². The van der Waals surface area contributed by atoms with E-state index in [0.717, 1.165) is 87.9 Å². The fourth-order valence-corrected chi connectivity index (χ4v) is 24.1.